The number of halogens is 1. The molecule has 0 aliphatic rings. The van der Waals surface area contributed by atoms with Crippen LogP contribution in [-0.2, 0) is 21.4 Å². The molecule has 1 N–H and O–H groups in total. The topological polar surface area (TPSA) is 75.7 Å². The predicted octanol–water partition coefficient (Wildman–Crippen LogP) is 3.61. The van der Waals surface area contributed by atoms with E-state index >= 15 is 0 Å². The van der Waals surface area contributed by atoms with Crippen LogP contribution in [0, 0.1) is 0 Å². The Balaban J connectivity index is 1.54. The molecule has 0 radical (unpaired) electrons. The van der Waals surface area contributed by atoms with Crippen LogP contribution in [0.25, 0.3) is 10.8 Å². The smallest absolute Gasteiger partial charge is 0.258 e. The third-order valence-electron chi connectivity index (χ3n) is 3.98. The highest BCUT2D eigenvalue weighted by Crippen LogP contribution is 2.25. The third-order valence-corrected chi connectivity index (χ3v) is 7.84. The minimum atomic E-state index is -3.45. The van der Waals surface area contributed by atoms with E-state index in [0.717, 1.165) is 35.8 Å². The molecular weight excluding hydrogens is 464 g/mol. The van der Waals surface area contributed by atoms with Crippen molar-refractivity contribution in [2.24, 2.45) is 0 Å². The largest absolute Gasteiger partial charge is 0.484 e. The van der Waals surface area contributed by atoms with Crippen LogP contribution < -0.4 is 10.1 Å². The lowest BCUT2D eigenvalue weighted by molar-refractivity contribution is -0.123. The van der Waals surface area contributed by atoms with Crippen LogP contribution in [0.15, 0.2) is 57.2 Å². The van der Waals surface area contributed by atoms with Crippen molar-refractivity contribution < 1.29 is 17.9 Å². The standard InChI is InChI=1S/C19H19BrN2O4S2/c1-22(2)28(24,25)19-8-7-17(27-19)11-21-18(23)12-26-16-6-4-13-9-15(20)5-3-14(13)10-16/h3-10H,11-12H2,1-2H3,(H,21,23). The second-order valence-corrected chi connectivity index (χ2v) is 10.7. The van der Waals surface area contributed by atoms with Gasteiger partial charge in [0.25, 0.3) is 15.9 Å². The lowest BCUT2D eigenvalue weighted by Crippen LogP contribution is -2.28. The number of hydrogen-bond acceptors (Lipinski definition) is 5. The second kappa shape index (κ2) is 8.60. The minimum absolute atomic E-state index is 0.115. The molecule has 6 nitrogen and oxygen atoms in total. The molecule has 0 unspecified atom stereocenters. The number of amides is 1. The lowest BCUT2D eigenvalue weighted by Gasteiger charge is -2.09. The van der Waals surface area contributed by atoms with Gasteiger partial charge in [-0.2, -0.15) is 0 Å². The van der Waals surface area contributed by atoms with Gasteiger partial charge in [-0.3, -0.25) is 4.79 Å². The average molecular weight is 483 g/mol. The third kappa shape index (κ3) is 4.91. The van der Waals surface area contributed by atoms with E-state index in [2.05, 4.69) is 21.2 Å². The number of sulfonamides is 1. The number of hydrogen-bond donors (Lipinski definition) is 1. The maximum absolute atomic E-state index is 12.1. The van der Waals surface area contributed by atoms with Crippen molar-refractivity contribution in [1.82, 2.24) is 9.62 Å². The maximum atomic E-state index is 12.1. The van der Waals surface area contributed by atoms with Crippen molar-refractivity contribution in [3.05, 3.63) is 57.9 Å². The van der Waals surface area contributed by atoms with Crippen LogP contribution in [-0.4, -0.2) is 39.3 Å². The Kier molecular flexibility index (Phi) is 6.39. The highest BCUT2D eigenvalue weighted by molar-refractivity contribution is 9.10. The second-order valence-electron chi connectivity index (χ2n) is 6.23. The molecule has 1 aromatic heterocycles. The molecule has 28 heavy (non-hydrogen) atoms. The molecule has 0 atom stereocenters. The van der Waals surface area contributed by atoms with Crippen molar-refractivity contribution in [1.29, 1.82) is 0 Å². The highest BCUT2D eigenvalue weighted by Gasteiger charge is 2.19. The summed E-state index contributed by atoms with van der Waals surface area (Å²) >= 11 is 4.58. The normalized spacial score (nSPS) is 11.7. The lowest BCUT2D eigenvalue weighted by atomic mass is 10.1. The number of carbonyl (C=O) groups is 1. The quantitative estimate of drug-likeness (QED) is 0.557. The van der Waals surface area contributed by atoms with E-state index in [-0.39, 0.29) is 23.3 Å². The molecule has 0 fully saturated rings. The first kappa shape index (κ1) is 20.8. The van der Waals surface area contributed by atoms with Crippen LogP contribution in [0.3, 0.4) is 0 Å². The number of ether oxygens (including phenoxy) is 1. The van der Waals surface area contributed by atoms with Gasteiger partial charge >= 0.3 is 0 Å². The fourth-order valence-electron chi connectivity index (χ4n) is 2.44. The number of rotatable bonds is 7. The Morgan fingerprint density at radius 1 is 1.11 bits per heavy atom. The summed E-state index contributed by atoms with van der Waals surface area (Å²) < 4.78 is 32.1. The summed E-state index contributed by atoms with van der Waals surface area (Å²) in [6.45, 7) is 0.137. The fraction of sp³-hybridized carbons (Fsp3) is 0.211. The maximum Gasteiger partial charge on any atom is 0.258 e. The average Bonchev–Trinajstić information content (AvgIpc) is 3.14. The molecule has 0 saturated carbocycles. The number of nitrogens with one attached hydrogen (secondary N) is 1. The van der Waals surface area contributed by atoms with E-state index in [4.69, 9.17) is 4.74 Å². The molecule has 0 spiro atoms. The Morgan fingerprint density at radius 2 is 1.82 bits per heavy atom. The molecule has 0 aliphatic carbocycles. The molecule has 1 heterocycles. The molecule has 148 valence electrons. The zero-order valence-electron chi connectivity index (χ0n) is 15.3. The van der Waals surface area contributed by atoms with Gasteiger partial charge in [-0.05, 0) is 47.2 Å². The first-order valence-corrected chi connectivity index (χ1v) is 11.4. The van der Waals surface area contributed by atoms with Gasteiger partial charge in [0.15, 0.2) is 6.61 Å². The van der Waals surface area contributed by atoms with Crippen molar-refractivity contribution in [2.75, 3.05) is 20.7 Å². The molecule has 0 bridgehead atoms. The van der Waals surface area contributed by atoms with E-state index in [1.165, 1.54) is 14.1 Å². The molecule has 3 aromatic rings. The number of carbonyl (C=O) groups excluding carboxylic acids is 1. The zero-order chi connectivity index (χ0) is 20.3. The Hall–Kier alpha value is -1.94. The van der Waals surface area contributed by atoms with Crippen molar-refractivity contribution in [3.63, 3.8) is 0 Å². The Bertz CT molecular complexity index is 1110. The minimum Gasteiger partial charge on any atom is -0.484 e. The number of nitrogens with zero attached hydrogens (tertiary/aromatic N) is 1. The van der Waals surface area contributed by atoms with Crippen LogP contribution in [0.1, 0.15) is 4.88 Å². The molecule has 2 aromatic carbocycles. The highest BCUT2D eigenvalue weighted by atomic mass is 79.9. The summed E-state index contributed by atoms with van der Waals surface area (Å²) in [5.74, 6) is 0.335. The van der Waals surface area contributed by atoms with E-state index in [9.17, 15) is 13.2 Å². The zero-order valence-corrected chi connectivity index (χ0v) is 18.5. The van der Waals surface area contributed by atoms with Crippen LogP contribution in [0.4, 0.5) is 0 Å². The summed E-state index contributed by atoms with van der Waals surface area (Å²) in [5, 5.41) is 4.84. The van der Waals surface area contributed by atoms with Gasteiger partial charge in [0.2, 0.25) is 0 Å². The molecular formula is C19H19BrN2O4S2. The van der Waals surface area contributed by atoms with Crippen LogP contribution in [0.5, 0.6) is 5.75 Å². The molecule has 1 amide bonds. The van der Waals surface area contributed by atoms with E-state index in [0.29, 0.717) is 5.75 Å². The van der Waals surface area contributed by atoms with Gasteiger partial charge in [-0.25, -0.2) is 12.7 Å². The van der Waals surface area contributed by atoms with Gasteiger partial charge < -0.3 is 10.1 Å². The molecule has 0 saturated heterocycles. The number of thiophene rings is 1. The molecule has 0 aliphatic heterocycles. The molecule has 9 heteroatoms. The predicted molar refractivity (Wildman–Crippen MR) is 114 cm³/mol. The summed E-state index contributed by atoms with van der Waals surface area (Å²) in [6, 6.07) is 14.8. The van der Waals surface area contributed by atoms with Gasteiger partial charge in [-0.15, -0.1) is 11.3 Å². The molecule has 3 rings (SSSR count). The number of benzene rings is 2. The first-order valence-electron chi connectivity index (χ1n) is 8.36. The van der Waals surface area contributed by atoms with Crippen molar-refractivity contribution in [2.45, 2.75) is 10.8 Å². The summed E-state index contributed by atoms with van der Waals surface area (Å²) in [5.41, 5.74) is 0. The van der Waals surface area contributed by atoms with E-state index < -0.39 is 10.0 Å². The van der Waals surface area contributed by atoms with Gasteiger partial charge in [0.1, 0.15) is 9.96 Å². The van der Waals surface area contributed by atoms with Crippen molar-refractivity contribution >= 4 is 54.0 Å². The van der Waals surface area contributed by atoms with Crippen molar-refractivity contribution in [3.8, 4) is 5.75 Å². The van der Waals surface area contributed by atoms with Gasteiger partial charge in [-0.1, -0.05) is 28.1 Å². The SMILES string of the molecule is CN(C)S(=O)(=O)c1ccc(CNC(=O)COc2ccc3cc(Br)ccc3c2)s1. The Labute approximate surface area is 176 Å². The summed E-state index contributed by atoms with van der Waals surface area (Å²) in [6.07, 6.45) is 0. The van der Waals surface area contributed by atoms with Crippen LogP contribution in [0.2, 0.25) is 0 Å². The fourth-order valence-corrected chi connectivity index (χ4v) is 5.29. The summed E-state index contributed by atoms with van der Waals surface area (Å²) in [4.78, 5) is 12.8. The monoisotopic (exact) mass is 482 g/mol. The van der Waals surface area contributed by atoms with Gasteiger partial charge in [0.05, 0.1) is 6.54 Å². The summed E-state index contributed by atoms with van der Waals surface area (Å²) in [7, 11) is -0.479. The van der Waals surface area contributed by atoms with Crippen LogP contribution >= 0.6 is 27.3 Å². The van der Waals surface area contributed by atoms with E-state index in [1.807, 2.05) is 36.4 Å². The first-order chi connectivity index (χ1) is 13.3. The van der Waals surface area contributed by atoms with Gasteiger partial charge in [0, 0.05) is 23.4 Å². The number of fused-ring (bicyclic) bond motifs is 1. The Morgan fingerprint density at radius 3 is 2.57 bits per heavy atom. The van der Waals surface area contributed by atoms with E-state index in [1.54, 1.807) is 12.1 Å².